The molecular formula is C24H30N4O2. The molecule has 158 valence electrons. The maximum atomic E-state index is 12.4. The van der Waals surface area contributed by atoms with E-state index in [1.165, 1.54) is 5.56 Å². The predicted molar refractivity (Wildman–Crippen MR) is 122 cm³/mol. The van der Waals surface area contributed by atoms with E-state index < -0.39 is 11.8 Å². The molecule has 0 aliphatic heterocycles. The summed E-state index contributed by atoms with van der Waals surface area (Å²) in [7, 11) is 5.94. The summed E-state index contributed by atoms with van der Waals surface area (Å²) in [6, 6.07) is 15.7. The summed E-state index contributed by atoms with van der Waals surface area (Å²) in [6.45, 7) is 4.55. The quantitative estimate of drug-likeness (QED) is 0.614. The molecule has 0 bridgehead atoms. The second-order valence-corrected chi connectivity index (χ2v) is 8.13. The number of hydrogen-bond donors (Lipinski definition) is 2. The highest BCUT2D eigenvalue weighted by Gasteiger charge is 2.22. The van der Waals surface area contributed by atoms with Crippen LogP contribution >= 0.6 is 0 Å². The van der Waals surface area contributed by atoms with Gasteiger partial charge < -0.3 is 20.1 Å². The van der Waals surface area contributed by atoms with Crippen LogP contribution in [0, 0.1) is 0 Å². The largest absolute Gasteiger partial charge is 0.350 e. The minimum Gasteiger partial charge on any atom is -0.350 e. The molecule has 1 atom stereocenters. The van der Waals surface area contributed by atoms with Crippen LogP contribution in [-0.2, 0) is 16.6 Å². The van der Waals surface area contributed by atoms with Gasteiger partial charge in [0, 0.05) is 36.4 Å². The third kappa shape index (κ3) is 4.71. The highest BCUT2D eigenvalue weighted by atomic mass is 16.2. The van der Waals surface area contributed by atoms with Crippen LogP contribution in [0.3, 0.4) is 0 Å². The molecule has 0 aliphatic rings. The zero-order valence-corrected chi connectivity index (χ0v) is 18.3. The molecule has 2 aromatic carbocycles. The van der Waals surface area contributed by atoms with E-state index in [2.05, 4.69) is 47.4 Å². The minimum absolute atomic E-state index is 0.0572. The van der Waals surface area contributed by atoms with Crippen LogP contribution in [-0.4, -0.2) is 41.9 Å². The maximum Gasteiger partial charge on any atom is 0.313 e. The van der Waals surface area contributed by atoms with Crippen LogP contribution < -0.4 is 10.6 Å². The van der Waals surface area contributed by atoms with Crippen LogP contribution in [0.2, 0.25) is 0 Å². The highest BCUT2D eigenvalue weighted by molar-refractivity contribution is 6.39. The summed E-state index contributed by atoms with van der Waals surface area (Å²) < 4.78 is 2.08. The lowest BCUT2D eigenvalue weighted by Crippen LogP contribution is -2.40. The zero-order chi connectivity index (χ0) is 21.8. The Morgan fingerprint density at radius 1 is 1.00 bits per heavy atom. The van der Waals surface area contributed by atoms with Crippen LogP contribution in [0.1, 0.15) is 36.9 Å². The molecule has 6 heteroatoms. The Morgan fingerprint density at radius 3 is 2.30 bits per heavy atom. The van der Waals surface area contributed by atoms with Crippen molar-refractivity contribution in [1.29, 1.82) is 0 Å². The molecule has 1 unspecified atom stereocenters. The van der Waals surface area contributed by atoms with Crippen LogP contribution in [0.25, 0.3) is 10.9 Å². The number of aromatic nitrogens is 1. The van der Waals surface area contributed by atoms with Gasteiger partial charge >= 0.3 is 11.8 Å². The van der Waals surface area contributed by atoms with Crippen molar-refractivity contribution in [2.24, 2.45) is 7.05 Å². The first-order valence-electron chi connectivity index (χ1n) is 10.2. The van der Waals surface area contributed by atoms with Crippen molar-refractivity contribution in [1.82, 2.24) is 14.8 Å². The summed E-state index contributed by atoms with van der Waals surface area (Å²) in [6.07, 6.45) is 2.08. The second kappa shape index (κ2) is 9.13. The maximum absolute atomic E-state index is 12.4. The SMILES string of the molecule is CC(C)c1ccc(NC(=O)C(=O)NCC(c2cn(C)c3ccccc23)N(C)C)cc1. The Labute approximate surface area is 177 Å². The normalized spacial score (nSPS) is 12.4. The molecule has 0 saturated heterocycles. The van der Waals surface area contributed by atoms with Crippen molar-refractivity contribution in [2.45, 2.75) is 25.8 Å². The van der Waals surface area contributed by atoms with E-state index in [0.717, 1.165) is 16.5 Å². The molecule has 2 N–H and O–H groups in total. The Bertz CT molecular complexity index is 1040. The van der Waals surface area contributed by atoms with Gasteiger partial charge in [-0.2, -0.15) is 0 Å². The number of carbonyl (C=O) groups excluding carboxylic acids is 2. The van der Waals surface area contributed by atoms with E-state index in [4.69, 9.17) is 0 Å². The average Bonchev–Trinajstić information content (AvgIpc) is 3.05. The van der Waals surface area contributed by atoms with Gasteiger partial charge in [-0.1, -0.05) is 44.2 Å². The fourth-order valence-electron chi connectivity index (χ4n) is 3.62. The number of aryl methyl sites for hydroxylation is 1. The van der Waals surface area contributed by atoms with Gasteiger partial charge in [-0.05, 0) is 49.3 Å². The Kier molecular flexibility index (Phi) is 6.57. The van der Waals surface area contributed by atoms with Crippen molar-refractivity contribution in [3.8, 4) is 0 Å². The van der Waals surface area contributed by atoms with Gasteiger partial charge in [-0.25, -0.2) is 0 Å². The number of anilines is 1. The van der Waals surface area contributed by atoms with Gasteiger partial charge in [0.05, 0.1) is 6.04 Å². The van der Waals surface area contributed by atoms with Gasteiger partial charge in [0.15, 0.2) is 0 Å². The summed E-state index contributed by atoms with van der Waals surface area (Å²) in [5.41, 5.74) is 4.04. The van der Waals surface area contributed by atoms with Crippen molar-refractivity contribution < 1.29 is 9.59 Å². The number of amides is 2. The van der Waals surface area contributed by atoms with Gasteiger partial charge in [0.1, 0.15) is 0 Å². The second-order valence-electron chi connectivity index (χ2n) is 8.13. The number of nitrogens with zero attached hydrogens (tertiary/aromatic N) is 2. The van der Waals surface area contributed by atoms with Crippen LogP contribution in [0.4, 0.5) is 5.69 Å². The number of benzene rings is 2. The molecule has 3 aromatic rings. The number of nitrogens with one attached hydrogen (secondary N) is 2. The molecule has 0 aliphatic carbocycles. The molecule has 0 spiro atoms. The molecule has 30 heavy (non-hydrogen) atoms. The number of carbonyl (C=O) groups is 2. The van der Waals surface area contributed by atoms with Gasteiger partial charge in [-0.3, -0.25) is 9.59 Å². The third-order valence-electron chi connectivity index (χ3n) is 5.41. The summed E-state index contributed by atoms with van der Waals surface area (Å²) in [5, 5.41) is 6.59. The molecular weight excluding hydrogens is 376 g/mol. The van der Waals surface area contributed by atoms with E-state index in [1.54, 1.807) is 0 Å². The summed E-state index contributed by atoms with van der Waals surface area (Å²) >= 11 is 0. The van der Waals surface area contributed by atoms with Gasteiger partial charge in [0.25, 0.3) is 0 Å². The molecule has 2 amide bonds. The topological polar surface area (TPSA) is 66.4 Å². The fraction of sp³-hybridized carbons (Fsp3) is 0.333. The van der Waals surface area contributed by atoms with E-state index in [1.807, 2.05) is 62.4 Å². The highest BCUT2D eigenvalue weighted by Crippen LogP contribution is 2.28. The monoisotopic (exact) mass is 406 g/mol. The molecule has 6 nitrogen and oxygen atoms in total. The Morgan fingerprint density at radius 2 is 1.67 bits per heavy atom. The lowest BCUT2D eigenvalue weighted by Gasteiger charge is -2.24. The van der Waals surface area contributed by atoms with Crippen molar-refractivity contribution in [2.75, 3.05) is 26.0 Å². The lowest BCUT2D eigenvalue weighted by molar-refractivity contribution is -0.136. The Hall–Kier alpha value is -3.12. The molecule has 1 heterocycles. The zero-order valence-electron chi connectivity index (χ0n) is 18.3. The number of fused-ring (bicyclic) bond motifs is 1. The first-order valence-corrected chi connectivity index (χ1v) is 10.2. The van der Waals surface area contributed by atoms with E-state index in [9.17, 15) is 9.59 Å². The minimum atomic E-state index is -0.664. The average molecular weight is 407 g/mol. The van der Waals surface area contributed by atoms with Crippen molar-refractivity contribution in [3.63, 3.8) is 0 Å². The molecule has 0 radical (unpaired) electrons. The number of para-hydroxylation sites is 1. The third-order valence-corrected chi connectivity index (χ3v) is 5.41. The van der Waals surface area contributed by atoms with Gasteiger partial charge in [0.2, 0.25) is 0 Å². The van der Waals surface area contributed by atoms with E-state index >= 15 is 0 Å². The fourth-order valence-corrected chi connectivity index (χ4v) is 3.62. The van der Waals surface area contributed by atoms with Crippen LogP contribution in [0.15, 0.2) is 54.7 Å². The predicted octanol–water partition coefficient (Wildman–Crippen LogP) is 3.66. The lowest BCUT2D eigenvalue weighted by atomic mass is 10.0. The molecule has 1 aromatic heterocycles. The Balaban J connectivity index is 1.67. The summed E-state index contributed by atoms with van der Waals surface area (Å²) in [5.74, 6) is -0.896. The number of likely N-dealkylation sites (N-methyl/N-ethyl adjacent to an activating group) is 1. The number of hydrogen-bond acceptors (Lipinski definition) is 3. The first-order chi connectivity index (χ1) is 14.3. The molecule has 3 rings (SSSR count). The van der Waals surface area contributed by atoms with Crippen molar-refractivity contribution in [3.05, 3.63) is 65.9 Å². The van der Waals surface area contributed by atoms with Crippen molar-refractivity contribution >= 4 is 28.4 Å². The standard InChI is InChI=1S/C24H30N4O2/c1-16(2)17-10-12-18(13-11-17)26-24(30)23(29)25-14-22(27(3)4)20-15-28(5)21-9-7-6-8-19(20)21/h6-13,15-16,22H,14H2,1-5H3,(H,25,29)(H,26,30). The first kappa shape index (κ1) is 21.6. The summed E-state index contributed by atoms with van der Waals surface area (Å²) in [4.78, 5) is 26.8. The number of rotatable bonds is 6. The molecule has 0 fully saturated rings. The van der Waals surface area contributed by atoms with E-state index in [0.29, 0.717) is 18.2 Å². The molecule has 0 saturated carbocycles. The smallest absolute Gasteiger partial charge is 0.313 e. The van der Waals surface area contributed by atoms with Gasteiger partial charge in [-0.15, -0.1) is 0 Å². The van der Waals surface area contributed by atoms with E-state index in [-0.39, 0.29) is 6.04 Å². The van der Waals surface area contributed by atoms with Crippen LogP contribution in [0.5, 0.6) is 0 Å².